The van der Waals surface area contributed by atoms with Crippen molar-refractivity contribution in [1.82, 2.24) is 10.6 Å². The van der Waals surface area contributed by atoms with Gasteiger partial charge >= 0.3 is 0 Å². The molecule has 0 aromatic heterocycles. The lowest BCUT2D eigenvalue weighted by atomic mass is 9.96. The van der Waals surface area contributed by atoms with Crippen LogP contribution in [0, 0.1) is 5.92 Å². The highest BCUT2D eigenvalue weighted by Crippen LogP contribution is 2.16. The van der Waals surface area contributed by atoms with Crippen LogP contribution in [-0.2, 0) is 11.2 Å². The number of carbonyl (C=O) groups is 1. The van der Waals surface area contributed by atoms with Crippen LogP contribution in [0.5, 0.6) is 0 Å². The summed E-state index contributed by atoms with van der Waals surface area (Å²) in [5.41, 5.74) is 1.04. The highest BCUT2D eigenvalue weighted by atomic mass is 79.9. The third kappa shape index (κ3) is 5.81. The number of carbonyl (C=O) groups excluding carboxylic acids is 1. The molecule has 1 heterocycles. The second-order valence-electron chi connectivity index (χ2n) is 5.12. The van der Waals surface area contributed by atoms with E-state index in [1.54, 1.807) is 0 Å². The van der Waals surface area contributed by atoms with Crippen LogP contribution in [0.15, 0.2) is 28.7 Å². The van der Waals surface area contributed by atoms with E-state index in [1.807, 2.05) is 24.3 Å². The van der Waals surface area contributed by atoms with Crippen LogP contribution in [0.4, 0.5) is 0 Å². The van der Waals surface area contributed by atoms with Crippen molar-refractivity contribution in [3.63, 3.8) is 0 Å². The lowest BCUT2D eigenvalue weighted by molar-refractivity contribution is -0.120. The van der Waals surface area contributed by atoms with Gasteiger partial charge in [0.2, 0.25) is 5.91 Å². The summed E-state index contributed by atoms with van der Waals surface area (Å²) in [6.45, 7) is 3.03. The summed E-state index contributed by atoms with van der Waals surface area (Å²) >= 11 is 3.47. The maximum atomic E-state index is 11.9. The van der Waals surface area contributed by atoms with Crippen molar-refractivity contribution in [3.05, 3.63) is 34.3 Å². The zero-order valence-electron chi connectivity index (χ0n) is 11.5. The first kappa shape index (κ1) is 17.5. The second-order valence-corrected chi connectivity index (χ2v) is 5.97. The Morgan fingerprint density at radius 1 is 1.40 bits per heavy atom. The third-order valence-electron chi connectivity index (χ3n) is 3.58. The van der Waals surface area contributed by atoms with Crippen molar-refractivity contribution in [2.45, 2.75) is 25.7 Å². The minimum absolute atomic E-state index is 0. The number of amides is 1. The summed E-state index contributed by atoms with van der Waals surface area (Å²) in [4.78, 5) is 11.9. The minimum atomic E-state index is 0. The molecule has 1 aliphatic rings. The zero-order chi connectivity index (χ0) is 13.5. The van der Waals surface area contributed by atoms with Crippen LogP contribution < -0.4 is 10.6 Å². The summed E-state index contributed by atoms with van der Waals surface area (Å²) in [5, 5.41) is 6.42. The van der Waals surface area contributed by atoms with E-state index in [0.717, 1.165) is 42.0 Å². The molecule has 5 heteroatoms. The predicted octanol–water partition coefficient (Wildman–Crippen LogP) is 2.92. The minimum Gasteiger partial charge on any atom is -0.356 e. The van der Waals surface area contributed by atoms with Crippen LogP contribution >= 0.6 is 28.3 Å². The number of piperidine rings is 1. The summed E-state index contributed by atoms with van der Waals surface area (Å²) in [5.74, 6) is 0.827. The van der Waals surface area contributed by atoms with Crippen LogP contribution in [0.1, 0.15) is 24.8 Å². The zero-order valence-corrected chi connectivity index (χ0v) is 13.9. The summed E-state index contributed by atoms with van der Waals surface area (Å²) in [6.07, 6.45) is 4.07. The van der Waals surface area contributed by atoms with Crippen molar-refractivity contribution >= 4 is 34.2 Å². The Kier molecular flexibility index (Phi) is 8.19. The Hall–Kier alpha value is -0.580. The molecule has 1 atom stereocenters. The molecule has 0 spiro atoms. The van der Waals surface area contributed by atoms with Crippen LogP contribution in [0.3, 0.4) is 0 Å². The molecule has 2 rings (SSSR count). The summed E-state index contributed by atoms with van der Waals surface area (Å²) in [6, 6.07) is 7.87. The monoisotopic (exact) mass is 360 g/mol. The lowest BCUT2D eigenvalue weighted by Gasteiger charge is -2.22. The van der Waals surface area contributed by atoms with Gasteiger partial charge in [-0.3, -0.25) is 4.79 Å². The predicted molar refractivity (Wildman–Crippen MR) is 88.3 cm³/mol. The Morgan fingerprint density at radius 2 is 2.20 bits per heavy atom. The van der Waals surface area contributed by atoms with Gasteiger partial charge in [-0.2, -0.15) is 0 Å². The van der Waals surface area contributed by atoms with Gasteiger partial charge in [0.1, 0.15) is 0 Å². The number of benzene rings is 1. The number of rotatable bonds is 5. The number of hydrogen-bond acceptors (Lipinski definition) is 2. The maximum absolute atomic E-state index is 11.9. The van der Waals surface area contributed by atoms with Gasteiger partial charge in [-0.15, -0.1) is 12.4 Å². The van der Waals surface area contributed by atoms with E-state index in [1.165, 1.54) is 12.8 Å². The number of nitrogens with one attached hydrogen (secondary N) is 2. The Morgan fingerprint density at radius 3 is 2.90 bits per heavy atom. The van der Waals surface area contributed by atoms with Gasteiger partial charge in [-0.05, 0) is 49.9 Å². The molecule has 0 radical (unpaired) electrons. The van der Waals surface area contributed by atoms with E-state index in [2.05, 4.69) is 26.6 Å². The molecule has 1 fully saturated rings. The normalized spacial score (nSPS) is 18.1. The number of halogens is 2. The average Bonchev–Trinajstić information content (AvgIpc) is 2.43. The first-order valence-corrected chi connectivity index (χ1v) is 7.76. The Bertz CT molecular complexity index is 422. The molecule has 0 aliphatic carbocycles. The Balaban J connectivity index is 0.00000200. The van der Waals surface area contributed by atoms with Crippen molar-refractivity contribution in [3.8, 4) is 0 Å². The van der Waals surface area contributed by atoms with Gasteiger partial charge in [0.05, 0.1) is 6.42 Å². The molecule has 0 bridgehead atoms. The Labute approximate surface area is 135 Å². The molecule has 0 saturated carbocycles. The third-order valence-corrected chi connectivity index (χ3v) is 4.36. The molecule has 1 aliphatic heterocycles. The van der Waals surface area contributed by atoms with E-state index in [-0.39, 0.29) is 18.3 Å². The van der Waals surface area contributed by atoms with Crippen LogP contribution in [-0.4, -0.2) is 25.5 Å². The highest BCUT2D eigenvalue weighted by molar-refractivity contribution is 9.10. The molecule has 1 aromatic carbocycles. The van der Waals surface area contributed by atoms with E-state index in [4.69, 9.17) is 0 Å². The van der Waals surface area contributed by atoms with Crippen molar-refractivity contribution < 1.29 is 4.79 Å². The molecular weight excluding hydrogens is 340 g/mol. The molecule has 20 heavy (non-hydrogen) atoms. The van der Waals surface area contributed by atoms with Gasteiger partial charge in [0, 0.05) is 11.0 Å². The first-order chi connectivity index (χ1) is 9.25. The first-order valence-electron chi connectivity index (χ1n) is 6.96. The van der Waals surface area contributed by atoms with Gasteiger partial charge in [-0.1, -0.05) is 34.1 Å². The number of hydrogen-bond donors (Lipinski definition) is 2. The van der Waals surface area contributed by atoms with Gasteiger partial charge in [0.15, 0.2) is 0 Å². The van der Waals surface area contributed by atoms with Crippen molar-refractivity contribution in [2.24, 2.45) is 5.92 Å². The summed E-state index contributed by atoms with van der Waals surface area (Å²) < 4.78 is 1.00. The standard InChI is InChI=1S/C15H21BrN2O.ClH/c16-14-6-2-1-5-13(14)10-15(19)18-9-7-12-4-3-8-17-11-12;/h1-2,5-6,12,17H,3-4,7-11H2,(H,18,19);1H. The van der Waals surface area contributed by atoms with Gasteiger partial charge < -0.3 is 10.6 Å². The van der Waals surface area contributed by atoms with E-state index >= 15 is 0 Å². The van der Waals surface area contributed by atoms with Gasteiger partial charge in [0.25, 0.3) is 0 Å². The molecule has 1 unspecified atom stereocenters. The van der Waals surface area contributed by atoms with Crippen molar-refractivity contribution in [2.75, 3.05) is 19.6 Å². The topological polar surface area (TPSA) is 41.1 Å². The van der Waals surface area contributed by atoms with Crippen LogP contribution in [0.2, 0.25) is 0 Å². The smallest absolute Gasteiger partial charge is 0.224 e. The average molecular weight is 362 g/mol. The molecule has 3 nitrogen and oxygen atoms in total. The molecular formula is C15H22BrClN2O. The van der Waals surface area contributed by atoms with Crippen LogP contribution in [0.25, 0.3) is 0 Å². The fourth-order valence-corrected chi connectivity index (χ4v) is 2.89. The largest absolute Gasteiger partial charge is 0.356 e. The van der Waals surface area contributed by atoms with E-state index in [9.17, 15) is 4.79 Å². The van der Waals surface area contributed by atoms with Gasteiger partial charge in [-0.25, -0.2) is 0 Å². The SMILES string of the molecule is Cl.O=C(Cc1ccccc1Br)NCCC1CCCNC1. The second kappa shape index (κ2) is 9.37. The lowest BCUT2D eigenvalue weighted by Crippen LogP contribution is -2.33. The fraction of sp³-hybridized carbons (Fsp3) is 0.533. The van der Waals surface area contributed by atoms with E-state index in [0.29, 0.717) is 6.42 Å². The summed E-state index contributed by atoms with van der Waals surface area (Å²) in [7, 11) is 0. The molecule has 1 aromatic rings. The molecule has 1 amide bonds. The van der Waals surface area contributed by atoms with E-state index < -0.39 is 0 Å². The fourth-order valence-electron chi connectivity index (χ4n) is 2.46. The van der Waals surface area contributed by atoms with Crippen molar-refractivity contribution in [1.29, 1.82) is 0 Å². The highest BCUT2D eigenvalue weighted by Gasteiger charge is 2.13. The molecule has 2 N–H and O–H groups in total. The molecule has 112 valence electrons. The maximum Gasteiger partial charge on any atom is 0.224 e. The molecule has 1 saturated heterocycles. The quantitative estimate of drug-likeness (QED) is 0.846.